The van der Waals surface area contributed by atoms with Gasteiger partial charge in [0, 0.05) is 6.54 Å². The molecule has 1 unspecified atom stereocenters. The van der Waals surface area contributed by atoms with Crippen LogP contribution in [0.15, 0.2) is 11.4 Å². The maximum atomic E-state index is 10.9. The molecule has 0 fully saturated rings. The number of ether oxygens (including phenoxy) is 2. The summed E-state index contributed by atoms with van der Waals surface area (Å²) in [6.07, 6.45) is -0.00481. The zero-order valence-corrected chi connectivity index (χ0v) is 8.60. The minimum atomic E-state index is -0.649. The molecule has 0 radical (unpaired) electrons. The molecule has 4 nitrogen and oxygen atoms in total. The van der Waals surface area contributed by atoms with Gasteiger partial charge in [0.05, 0.1) is 12.0 Å². The van der Waals surface area contributed by atoms with E-state index in [1.54, 1.807) is 11.3 Å². The number of rotatable bonds is 1. The first-order chi connectivity index (χ1) is 6.81. The molecule has 1 N–H and O–H groups in total. The largest absolute Gasteiger partial charge is 0.509 e. The molecule has 1 aromatic heterocycles. The standard InChI is InChI=1S/C9H11NO3S/c1-12-9(11)13-8-7-6(2-4-10-8)3-5-14-7/h3,5,8,10H,2,4H2,1H3. The number of carbonyl (C=O) groups excluding carboxylic acids is 1. The first kappa shape index (κ1) is 9.48. The molecule has 2 heterocycles. The van der Waals surface area contributed by atoms with Crippen LogP contribution >= 0.6 is 11.3 Å². The van der Waals surface area contributed by atoms with Gasteiger partial charge in [0.15, 0.2) is 6.23 Å². The lowest BCUT2D eigenvalue weighted by atomic mass is 10.1. The van der Waals surface area contributed by atoms with E-state index in [4.69, 9.17) is 4.74 Å². The Morgan fingerprint density at radius 1 is 1.71 bits per heavy atom. The molecule has 0 saturated carbocycles. The molecule has 0 amide bonds. The third kappa shape index (κ3) is 1.73. The fraction of sp³-hybridized carbons (Fsp3) is 0.444. The number of hydrogen-bond acceptors (Lipinski definition) is 5. The molecule has 0 aromatic carbocycles. The maximum Gasteiger partial charge on any atom is 0.509 e. The summed E-state index contributed by atoms with van der Waals surface area (Å²) in [7, 11) is 1.31. The van der Waals surface area contributed by atoms with Gasteiger partial charge in [0.2, 0.25) is 0 Å². The Bertz CT molecular complexity index is 337. The minimum Gasteiger partial charge on any atom is -0.438 e. The third-order valence-electron chi connectivity index (χ3n) is 2.12. The van der Waals surface area contributed by atoms with Gasteiger partial charge in [-0.3, -0.25) is 5.32 Å². The molecule has 76 valence electrons. The number of fused-ring (bicyclic) bond motifs is 1. The number of hydrogen-bond donors (Lipinski definition) is 1. The molecule has 0 aliphatic carbocycles. The molecule has 1 aliphatic heterocycles. The highest BCUT2D eigenvalue weighted by Gasteiger charge is 2.24. The van der Waals surface area contributed by atoms with Crippen molar-refractivity contribution in [1.82, 2.24) is 5.32 Å². The summed E-state index contributed by atoms with van der Waals surface area (Å²) in [6.45, 7) is 0.825. The minimum absolute atomic E-state index is 0.341. The Kier molecular flexibility index (Phi) is 2.69. The van der Waals surface area contributed by atoms with Gasteiger partial charge >= 0.3 is 6.16 Å². The van der Waals surface area contributed by atoms with Gasteiger partial charge < -0.3 is 9.47 Å². The van der Waals surface area contributed by atoms with Crippen LogP contribution in [0.1, 0.15) is 16.7 Å². The predicted molar refractivity (Wildman–Crippen MR) is 52.3 cm³/mol. The van der Waals surface area contributed by atoms with E-state index in [0.717, 1.165) is 17.8 Å². The predicted octanol–water partition coefficient (Wildman–Crippen LogP) is 1.68. The van der Waals surface area contributed by atoms with Crippen LogP contribution in [0.3, 0.4) is 0 Å². The lowest BCUT2D eigenvalue weighted by Crippen LogP contribution is -2.31. The van der Waals surface area contributed by atoms with Crippen LogP contribution in [0.4, 0.5) is 4.79 Å². The van der Waals surface area contributed by atoms with E-state index < -0.39 is 6.16 Å². The van der Waals surface area contributed by atoms with E-state index in [1.165, 1.54) is 12.7 Å². The zero-order valence-electron chi connectivity index (χ0n) is 7.78. The van der Waals surface area contributed by atoms with Crippen LogP contribution in [-0.4, -0.2) is 19.8 Å². The van der Waals surface area contributed by atoms with E-state index in [-0.39, 0.29) is 6.23 Å². The first-order valence-electron chi connectivity index (χ1n) is 4.35. The van der Waals surface area contributed by atoms with Crippen LogP contribution < -0.4 is 5.32 Å². The lowest BCUT2D eigenvalue weighted by molar-refractivity contribution is 0.0220. The van der Waals surface area contributed by atoms with Gasteiger partial charge in [-0.1, -0.05) is 0 Å². The van der Waals surface area contributed by atoms with Gasteiger partial charge in [0.1, 0.15) is 0 Å². The fourth-order valence-electron chi connectivity index (χ4n) is 1.45. The summed E-state index contributed by atoms with van der Waals surface area (Å²) in [4.78, 5) is 12.0. The maximum absolute atomic E-state index is 10.9. The van der Waals surface area contributed by atoms with Crippen LogP contribution in [-0.2, 0) is 15.9 Å². The molecule has 1 aliphatic rings. The SMILES string of the molecule is COC(=O)OC1NCCc2ccsc21. The van der Waals surface area contributed by atoms with Crippen molar-refractivity contribution in [3.8, 4) is 0 Å². The van der Waals surface area contributed by atoms with Crippen LogP contribution in [0.5, 0.6) is 0 Å². The fourth-order valence-corrected chi connectivity index (χ4v) is 2.41. The van der Waals surface area contributed by atoms with Crippen LogP contribution in [0.25, 0.3) is 0 Å². The van der Waals surface area contributed by atoms with Crippen molar-refractivity contribution < 1.29 is 14.3 Å². The van der Waals surface area contributed by atoms with E-state index in [2.05, 4.69) is 16.1 Å². The topological polar surface area (TPSA) is 47.6 Å². The highest BCUT2D eigenvalue weighted by Crippen LogP contribution is 2.28. The molecule has 2 rings (SSSR count). The van der Waals surface area contributed by atoms with Crippen molar-refractivity contribution in [2.75, 3.05) is 13.7 Å². The number of thiophene rings is 1. The molecule has 1 atom stereocenters. The second kappa shape index (κ2) is 3.98. The number of nitrogens with one attached hydrogen (secondary N) is 1. The summed E-state index contributed by atoms with van der Waals surface area (Å²) >= 11 is 1.59. The Balaban J connectivity index is 2.12. The molecule has 14 heavy (non-hydrogen) atoms. The monoisotopic (exact) mass is 213 g/mol. The van der Waals surface area contributed by atoms with E-state index >= 15 is 0 Å². The van der Waals surface area contributed by atoms with Crippen molar-refractivity contribution in [2.24, 2.45) is 0 Å². The lowest BCUT2D eigenvalue weighted by Gasteiger charge is -2.22. The van der Waals surface area contributed by atoms with Crippen molar-refractivity contribution >= 4 is 17.5 Å². The molecule has 1 aromatic rings. The van der Waals surface area contributed by atoms with Crippen molar-refractivity contribution in [1.29, 1.82) is 0 Å². The van der Waals surface area contributed by atoms with E-state index in [0.29, 0.717) is 0 Å². The zero-order chi connectivity index (χ0) is 9.97. The van der Waals surface area contributed by atoms with Crippen LogP contribution in [0.2, 0.25) is 0 Å². The molecule has 0 bridgehead atoms. The van der Waals surface area contributed by atoms with Crippen LogP contribution in [0, 0.1) is 0 Å². The summed E-state index contributed by atoms with van der Waals surface area (Å²) in [5.74, 6) is 0. The van der Waals surface area contributed by atoms with Gasteiger partial charge in [-0.25, -0.2) is 4.79 Å². The van der Waals surface area contributed by atoms with Gasteiger partial charge in [-0.2, -0.15) is 0 Å². The quantitative estimate of drug-likeness (QED) is 0.721. The Morgan fingerprint density at radius 2 is 2.57 bits per heavy atom. The average molecular weight is 213 g/mol. The van der Waals surface area contributed by atoms with E-state index in [1.807, 2.05) is 5.38 Å². The molecular weight excluding hydrogens is 202 g/mol. The first-order valence-corrected chi connectivity index (χ1v) is 5.23. The third-order valence-corrected chi connectivity index (χ3v) is 3.13. The number of methoxy groups -OCH3 is 1. The molecule has 5 heteroatoms. The Morgan fingerprint density at radius 3 is 3.36 bits per heavy atom. The highest BCUT2D eigenvalue weighted by atomic mass is 32.1. The van der Waals surface area contributed by atoms with Gasteiger partial charge in [-0.15, -0.1) is 11.3 Å². The summed E-state index contributed by atoms with van der Waals surface area (Å²) < 4.78 is 9.51. The van der Waals surface area contributed by atoms with E-state index in [9.17, 15) is 4.79 Å². The summed E-state index contributed by atoms with van der Waals surface area (Å²) in [5.41, 5.74) is 1.25. The molecule has 0 saturated heterocycles. The smallest absolute Gasteiger partial charge is 0.438 e. The van der Waals surface area contributed by atoms with Gasteiger partial charge in [-0.05, 0) is 23.4 Å². The summed E-state index contributed by atoms with van der Waals surface area (Å²) in [6, 6.07) is 2.06. The summed E-state index contributed by atoms with van der Waals surface area (Å²) in [5, 5.41) is 5.12. The second-order valence-corrected chi connectivity index (χ2v) is 3.91. The molecular formula is C9H11NO3S. The molecule has 0 spiro atoms. The van der Waals surface area contributed by atoms with Crippen molar-refractivity contribution in [2.45, 2.75) is 12.6 Å². The van der Waals surface area contributed by atoms with Gasteiger partial charge in [0.25, 0.3) is 0 Å². The normalized spacial score (nSPS) is 19.9. The average Bonchev–Trinajstić information content (AvgIpc) is 2.66. The number of carbonyl (C=O) groups is 1. The van der Waals surface area contributed by atoms with Crippen molar-refractivity contribution in [3.05, 3.63) is 21.9 Å². The Hall–Kier alpha value is -1.07. The Labute approximate surface area is 85.8 Å². The highest BCUT2D eigenvalue weighted by molar-refractivity contribution is 7.10. The van der Waals surface area contributed by atoms with Crippen molar-refractivity contribution in [3.63, 3.8) is 0 Å². The second-order valence-electron chi connectivity index (χ2n) is 2.97.